The van der Waals surface area contributed by atoms with Crippen LogP contribution in [0.1, 0.15) is 43.2 Å². The predicted molar refractivity (Wildman–Crippen MR) is 123 cm³/mol. The van der Waals surface area contributed by atoms with Gasteiger partial charge in [0, 0.05) is 5.41 Å². The molecule has 0 radical (unpaired) electrons. The molecule has 2 aromatic carbocycles. The Morgan fingerprint density at radius 3 is 1.63 bits per heavy atom. The molecule has 1 saturated carbocycles. The highest BCUT2D eigenvalue weighted by molar-refractivity contribution is 9.10. The second-order valence-corrected chi connectivity index (χ2v) is 10.2. The maximum Gasteiger partial charge on any atom is 0.133 e. The molecule has 0 spiro atoms. The zero-order valence-corrected chi connectivity index (χ0v) is 20.0. The molecule has 0 aromatic heterocycles. The minimum atomic E-state index is 0.0134. The number of rotatable bonds is 8. The molecule has 3 aliphatic rings. The lowest BCUT2D eigenvalue weighted by Gasteiger charge is -2.39. The van der Waals surface area contributed by atoms with Crippen molar-refractivity contribution in [2.75, 3.05) is 26.4 Å². The fourth-order valence-corrected chi connectivity index (χ4v) is 5.41. The van der Waals surface area contributed by atoms with Crippen LogP contribution in [0.4, 0.5) is 0 Å². The largest absolute Gasteiger partial charge is 0.490 e. The molecule has 5 rings (SSSR count). The Labute approximate surface area is 194 Å². The first kappa shape index (κ1) is 20.8. The van der Waals surface area contributed by atoms with Crippen LogP contribution in [-0.4, -0.2) is 38.6 Å². The van der Waals surface area contributed by atoms with Crippen molar-refractivity contribution in [1.82, 2.24) is 0 Å². The van der Waals surface area contributed by atoms with Crippen LogP contribution in [0.3, 0.4) is 0 Å². The van der Waals surface area contributed by atoms with E-state index < -0.39 is 0 Å². The molecule has 2 heterocycles. The van der Waals surface area contributed by atoms with Gasteiger partial charge >= 0.3 is 0 Å². The maximum absolute atomic E-state index is 5.92. The molecule has 0 amide bonds. The first-order valence-corrected chi connectivity index (χ1v) is 12.3. The molecular formula is C24H26Br2O4. The summed E-state index contributed by atoms with van der Waals surface area (Å²) in [4.78, 5) is 0. The standard InChI is InChI=1S/C24H26Br2O4/c25-20-10-16(4-6-22(20)29-14-18-12-27-18)24(8-2-1-3-9-24)17-5-7-23(21(26)11-17)30-15-19-13-28-19/h4-7,10-11,18-19H,1-3,8-9,12-15H2. The highest BCUT2D eigenvalue weighted by atomic mass is 79.9. The molecule has 2 unspecified atom stereocenters. The molecule has 2 aliphatic heterocycles. The normalized spacial score (nSPS) is 24.3. The highest BCUT2D eigenvalue weighted by Gasteiger charge is 2.36. The van der Waals surface area contributed by atoms with Crippen molar-refractivity contribution >= 4 is 31.9 Å². The Morgan fingerprint density at radius 1 is 0.767 bits per heavy atom. The van der Waals surface area contributed by atoms with Gasteiger partial charge in [-0.15, -0.1) is 0 Å². The van der Waals surface area contributed by atoms with Crippen LogP contribution in [0.5, 0.6) is 11.5 Å². The van der Waals surface area contributed by atoms with Crippen LogP contribution in [0.2, 0.25) is 0 Å². The number of hydrogen-bond donors (Lipinski definition) is 0. The van der Waals surface area contributed by atoms with Gasteiger partial charge in [0.2, 0.25) is 0 Å². The molecule has 2 atom stereocenters. The zero-order valence-electron chi connectivity index (χ0n) is 16.9. The first-order valence-electron chi connectivity index (χ1n) is 10.7. The van der Waals surface area contributed by atoms with Gasteiger partial charge in [-0.3, -0.25) is 0 Å². The number of halogens is 2. The number of hydrogen-bond acceptors (Lipinski definition) is 4. The zero-order chi connectivity index (χ0) is 20.6. The SMILES string of the molecule is Brc1cc(C2(c3ccc(OCC4CO4)c(Br)c3)CCCCC2)ccc1OCC1CO1. The minimum Gasteiger partial charge on any atom is -0.490 e. The predicted octanol–water partition coefficient (Wildman–Crippen LogP) is 6.02. The topological polar surface area (TPSA) is 43.5 Å². The van der Waals surface area contributed by atoms with E-state index in [-0.39, 0.29) is 17.6 Å². The van der Waals surface area contributed by atoms with E-state index in [9.17, 15) is 0 Å². The Morgan fingerprint density at radius 2 is 1.23 bits per heavy atom. The first-order chi connectivity index (χ1) is 14.6. The Kier molecular flexibility index (Phi) is 6.11. The summed E-state index contributed by atoms with van der Waals surface area (Å²) in [6, 6.07) is 13.2. The summed E-state index contributed by atoms with van der Waals surface area (Å²) >= 11 is 7.48. The Hall–Kier alpha value is -1.08. The van der Waals surface area contributed by atoms with Crippen LogP contribution < -0.4 is 9.47 Å². The lowest BCUT2D eigenvalue weighted by atomic mass is 9.65. The second-order valence-electron chi connectivity index (χ2n) is 8.47. The third-order valence-corrected chi connectivity index (χ3v) is 7.57. The molecular weight excluding hydrogens is 512 g/mol. The molecule has 6 heteroatoms. The van der Waals surface area contributed by atoms with Gasteiger partial charge in [0.15, 0.2) is 0 Å². The summed E-state index contributed by atoms with van der Waals surface area (Å²) in [5, 5.41) is 0. The van der Waals surface area contributed by atoms with Gasteiger partial charge in [0.25, 0.3) is 0 Å². The molecule has 0 N–H and O–H groups in total. The summed E-state index contributed by atoms with van der Waals surface area (Å²) in [5.74, 6) is 1.76. The molecule has 4 nitrogen and oxygen atoms in total. The van der Waals surface area contributed by atoms with Crippen molar-refractivity contribution in [1.29, 1.82) is 0 Å². The molecule has 30 heavy (non-hydrogen) atoms. The summed E-state index contributed by atoms with van der Waals surface area (Å²) in [5.41, 5.74) is 2.70. The van der Waals surface area contributed by atoms with Gasteiger partial charge in [0.05, 0.1) is 22.2 Å². The monoisotopic (exact) mass is 536 g/mol. The van der Waals surface area contributed by atoms with Crippen molar-refractivity contribution in [3.05, 3.63) is 56.5 Å². The van der Waals surface area contributed by atoms with E-state index in [1.54, 1.807) is 0 Å². The highest BCUT2D eigenvalue weighted by Crippen LogP contribution is 2.47. The number of epoxide rings is 2. The Balaban J connectivity index is 1.42. The average Bonchev–Trinajstić information content (AvgIpc) is 3.68. The van der Waals surface area contributed by atoms with E-state index in [4.69, 9.17) is 18.9 Å². The van der Waals surface area contributed by atoms with Gasteiger partial charge in [0.1, 0.15) is 36.9 Å². The van der Waals surface area contributed by atoms with E-state index in [0.717, 1.165) is 46.5 Å². The second kappa shape index (κ2) is 8.81. The number of ether oxygens (including phenoxy) is 4. The quantitative estimate of drug-likeness (QED) is 0.386. The molecule has 0 bridgehead atoms. The van der Waals surface area contributed by atoms with E-state index in [2.05, 4.69) is 68.3 Å². The fraction of sp³-hybridized carbons (Fsp3) is 0.500. The van der Waals surface area contributed by atoms with Gasteiger partial charge in [-0.2, -0.15) is 0 Å². The third kappa shape index (κ3) is 4.57. The van der Waals surface area contributed by atoms with E-state index in [1.165, 1.54) is 30.4 Å². The smallest absolute Gasteiger partial charge is 0.133 e. The lowest BCUT2D eigenvalue weighted by molar-refractivity contribution is 0.261. The summed E-state index contributed by atoms with van der Waals surface area (Å²) in [6.45, 7) is 2.84. The fourth-order valence-electron chi connectivity index (χ4n) is 4.42. The van der Waals surface area contributed by atoms with Crippen LogP contribution in [0, 0.1) is 0 Å². The summed E-state index contributed by atoms with van der Waals surface area (Å²) < 4.78 is 24.4. The van der Waals surface area contributed by atoms with Crippen molar-refractivity contribution < 1.29 is 18.9 Å². The van der Waals surface area contributed by atoms with Crippen molar-refractivity contribution in [3.8, 4) is 11.5 Å². The summed E-state index contributed by atoms with van der Waals surface area (Å²) in [6.07, 6.45) is 6.59. The minimum absolute atomic E-state index is 0.0134. The Bertz CT molecular complexity index is 835. The van der Waals surface area contributed by atoms with Gasteiger partial charge < -0.3 is 18.9 Å². The number of benzene rings is 2. The average molecular weight is 538 g/mol. The molecule has 2 saturated heterocycles. The van der Waals surface area contributed by atoms with E-state index >= 15 is 0 Å². The van der Waals surface area contributed by atoms with Crippen LogP contribution in [0.15, 0.2) is 45.3 Å². The van der Waals surface area contributed by atoms with Crippen LogP contribution in [-0.2, 0) is 14.9 Å². The van der Waals surface area contributed by atoms with Crippen LogP contribution in [0.25, 0.3) is 0 Å². The van der Waals surface area contributed by atoms with Crippen molar-refractivity contribution in [3.63, 3.8) is 0 Å². The lowest BCUT2D eigenvalue weighted by Crippen LogP contribution is -2.30. The van der Waals surface area contributed by atoms with Crippen molar-refractivity contribution in [2.24, 2.45) is 0 Å². The van der Waals surface area contributed by atoms with Crippen molar-refractivity contribution in [2.45, 2.75) is 49.7 Å². The van der Waals surface area contributed by atoms with Gasteiger partial charge in [-0.25, -0.2) is 0 Å². The van der Waals surface area contributed by atoms with Crippen LogP contribution >= 0.6 is 31.9 Å². The van der Waals surface area contributed by atoms with E-state index in [0.29, 0.717) is 13.2 Å². The molecule has 1 aliphatic carbocycles. The van der Waals surface area contributed by atoms with E-state index in [1.807, 2.05) is 0 Å². The third-order valence-electron chi connectivity index (χ3n) is 6.33. The van der Waals surface area contributed by atoms with Gasteiger partial charge in [-0.1, -0.05) is 31.4 Å². The van der Waals surface area contributed by atoms with Gasteiger partial charge in [-0.05, 0) is 80.1 Å². The maximum atomic E-state index is 5.92. The molecule has 160 valence electrons. The summed E-state index contributed by atoms with van der Waals surface area (Å²) in [7, 11) is 0. The molecule has 3 fully saturated rings. The molecule has 2 aromatic rings.